The summed E-state index contributed by atoms with van der Waals surface area (Å²) in [5.41, 5.74) is 1.24. The van der Waals surface area contributed by atoms with Crippen LogP contribution in [0.4, 0.5) is 0 Å². The van der Waals surface area contributed by atoms with Gasteiger partial charge in [-0.1, -0.05) is 41.6 Å². The molecule has 4 rings (SSSR count). The molecule has 0 saturated heterocycles. The van der Waals surface area contributed by atoms with Crippen molar-refractivity contribution in [2.24, 2.45) is 0 Å². The summed E-state index contributed by atoms with van der Waals surface area (Å²) in [5, 5.41) is 14.7. The van der Waals surface area contributed by atoms with E-state index in [0.717, 1.165) is 16.5 Å². The third-order valence-electron chi connectivity index (χ3n) is 4.52. The number of esters is 2. The zero-order valence-electron chi connectivity index (χ0n) is 17.5. The van der Waals surface area contributed by atoms with Crippen LogP contribution in [0.1, 0.15) is 17.5 Å². The summed E-state index contributed by atoms with van der Waals surface area (Å²) in [5.74, 6) is -0.936. The van der Waals surface area contributed by atoms with Gasteiger partial charge in [-0.2, -0.15) is 4.98 Å². The van der Waals surface area contributed by atoms with Gasteiger partial charge in [-0.25, -0.2) is 14.2 Å². The highest BCUT2D eigenvalue weighted by Crippen LogP contribution is 2.23. The van der Waals surface area contributed by atoms with Crippen LogP contribution >= 0.6 is 0 Å². The maximum atomic E-state index is 11.9. The van der Waals surface area contributed by atoms with Gasteiger partial charge in [-0.3, -0.25) is 4.79 Å². The standard InChI is InChI=1S/C21H20N6O5/c1-14(28)32-11-10-31-13-27-20(22-19(24-27)21(29)30-2)17-12-26(25-23-17)18-9-5-7-15-6-3-4-8-16(15)18/h3-9,12H,10-11,13H2,1-2H3. The normalized spacial score (nSPS) is 10.9. The second-order valence-electron chi connectivity index (χ2n) is 6.67. The second-order valence-corrected chi connectivity index (χ2v) is 6.67. The van der Waals surface area contributed by atoms with Crippen LogP contribution in [0.2, 0.25) is 0 Å². The molecule has 0 fully saturated rings. The van der Waals surface area contributed by atoms with Crippen molar-refractivity contribution in [3.05, 3.63) is 54.5 Å². The van der Waals surface area contributed by atoms with Crippen LogP contribution in [0.5, 0.6) is 0 Å². The summed E-state index contributed by atoms with van der Waals surface area (Å²) in [6.07, 6.45) is 1.70. The van der Waals surface area contributed by atoms with Gasteiger partial charge in [0.05, 0.1) is 25.6 Å². The Kier molecular flexibility index (Phi) is 6.17. The van der Waals surface area contributed by atoms with Gasteiger partial charge in [0.2, 0.25) is 0 Å². The topological polar surface area (TPSA) is 123 Å². The fourth-order valence-electron chi connectivity index (χ4n) is 3.09. The molecule has 0 aliphatic heterocycles. The largest absolute Gasteiger partial charge is 0.463 e. The molecule has 0 saturated carbocycles. The monoisotopic (exact) mass is 436 g/mol. The van der Waals surface area contributed by atoms with Crippen molar-refractivity contribution in [3.63, 3.8) is 0 Å². The number of rotatable bonds is 8. The average Bonchev–Trinajstić information content (AvgIpc) is 3.45. The number of benzene rings is 2. The predicted molar refractivity (Wildman–Crippen MR) is 112 cm³/mol. The highest BCUT2D eigenvalue weighted by molar-refractivity contribution is 5.90. The molecule has 4 aromatic rings. The lowest BCUT2D eigenvalue weighted by Gasteiger charge is -2.06. The van der Waals surface area contributed by atoms with Crippen molar-refractivity contribution in [3.8, 4) is 17.2 Å². The maximum Gasteiger partial charge on any atom is 0.377 e. The first-order valence-electron chi connectivity index (χ1n) is 9.72. The second kappa shape index (κ2) is 9.35. The molecule has 0 N–H and O–H groups in total. The van der Waals surface area contributed by atoms with E-state index < -0.39 is 11.9 Å². The first-order valence-corrected chi connectivity index (χ1v) is 9.72. The van der Waals surface area contributed by atoms with Gasteiger partial charge in [-0.15, -0.1) is 10.2 Å². The summed E-state index contributed by atoms with van der Waals surface area (Å²) in [7, 11) is 1.25. The Morgan fingerprint density at radius 3 is 2.69 bits per heavy atom. The minimum Gasteiger partial charge on any atom is -0.463 e. The number of carbonyl (C=O) groups is 2. The van der Waals surface area contributed by atoms with Crippen molar-refractivity contribution >= 4 is 22.7 Å². The van der Waals surface area contributed by atoms with Crippen molar-refractivity contribution in [2.45, 2.75) is 13.7 Å². The average molecular weight is 436 g/mol. The maximum absolute atomic E-state index is 11.9. The third kappa shape index (κ3) is 4.47. The molecule has 2 heterocycles. The Balaban J connectivity index is 1.62. The number of nitrogens with zero attached hydrogens (tertiary/aromatic N) is 6. The number of carbonyl (C=O) groups excluding carboxylic acids is 2. The van der Waals surface area contributed by atoms with Gasteiger partial charge >= 0.3 is 11.9 Å². The lowest BCUT2D eigenvalue weighted by molar-refractivity contribution is -0.142. The molecule has 0 amide bonds. The first-order chi connectivity index (χ1) is 15.6. The van der Waals surface area contributed by atoms with E-state index in [1.165, 1.54) is 18.7 Å². The number of aromatic nitrogens is 6. The first kappa shape index (κ1) is 21.1. The van der Waals surface area contributed by atoms with Gasteiger partial charge in [0.1, 0.15) is 13.3 Å². The van der Waals surface area contributed by atoms with E-state index in [9.17, 15) is 9.59 Å². The highest BCUT2D eigenvalue weighted by Gasteiger charge is 2.21. The minimum absolute atomic E-state index is 0.0400. The summed E-state index contributed by atoms with van der Waals surface area (Å²) >= 11 is 0. The molecule has 0 radical (unpaired) electrons. The van der Waals surface area contributed by atoms with E-state index >= 15 is 0 Å². The van der Waals surface area contributed by atoms with Crippen LogP contribution in [-0.2, 0) is 25.7 Å². The molecule has 0 atom stereocenters. The van der Waals surface area contributed by atoms with Crippen LogP contribution in [-0.4, -0.2) is 62.0 Å². The summed E-state index contributed by atoms with van der Waals surface area (Å²) in [6.45, 7) is 1.52. The Hall–Kier alpha value is -4.12. The Morgan fingerprint density at radius 1 is 1.06 bits per heavy atom. The summed E-state index contributed by atoms with van der Waals surface area (Å²) in [4.78, 5) is 27.0. The molecular weight excluding hydrogens is 416 g/mol. The molecule has 2 aromatic carbocycles. The third-order valence-corrected chi connectivity index (χ3v) is 4.52. The molecule has 0 aliphatic rings. The molecule has 11 nitrogen and oxygen atoms in total. The highest BCUT2D eigenvalue weighted by atomic mass is 16.6. The smallest absolute Gasteiger partial charge is 0.377 e. The molecule has 0 aliphatic carbocycles. The van der Waals surface area contributed by atoms with Crippen LogP contribution in [0.3, 0.4) is 0 Å². The van der Waals surface area contributed by atoms with Crippen LogP contribution in [0.25, 0.3) is 28.0 Å². The number of ether oxygens (including phenoxy) is 3. The molecule has 0 bridgehead atoms. The molecule has 32 heavy (non-hydrogen) atoms. The zero-order valence-corrected chi connectivity index (χ0v) is 17.5. The molecule has 0 unspecified atom stereocenters. The van der Waals surface area contributed by atoms with E-state index in [1.807, 2.05) is 42.5 Å². The lowest BCUT2D eigenvalue weighted by atomic mass is 10.1. The van der Waals surface area contributed by atoms with Gasteiger partial charge in [0.25, 0.3) is 5.82 Å². The van der Waals surface area contributed by atoms with Crippen LogP contribution in [0.15, 0.2) is 48.7 Å². The number of methoxy groups -OCH3 is 1. The quantitative estimate of drug-likeness (QED) is 0.301. The fraction of sp³-hybridized carbons (Fsp3) is 0.238. The van der Waals surface area contributed by atoms with Crippen molar-refractivity contribution < 1.29 is 23.8 Å². The van der Waals surface area contributed by atoms with Gasteiger partial charge in [-0.05, 0) is 11.5 Å². The molecular formula is C21H20N6O5. The van der Waals surface area contributed by atoms with Gasteiger partial charge in [0.15, 0.2) is 11.5 Å². The number of hydrogen-bond donors (Lipinski definition) is 0. The predicted octanol–water partition coefficient (Wildman–Crippen LogP) is 2.00. The summed E-state index contributed by atoms with van der Waals surface area (Å²) in [6, 6.07) is 13.8. The van der Waals surface area contributed by atoms with E-state index in [1.54, 1.807) is 10.9 Å². The van der Waals surface area contributed by atoms with Crippen molar-refractivity contribution in [1.29, 1.82) is 0 Å². The van der Waals surface area contributed by atoms with E-state index in [0.29, 0.717) is 5.69 Å². The van der Waals surface area contributed by atoms with E-state index in [-0.39, 0.29) is 31.6 Å². The van der Waals surface area contributed by atoms with Crippen LogP contribution in [0, 0.1) is 0 Å². The van der Waals surface area contributed by atoms with Gasteiger partial charge in [0, 0.05) is 12.3 Å². The molecule has 0 spiro atoms. The summed E-state index contributed by atoms with van der Waals surface area (Å²) < 4.78 is 18.0. The number of hydrogen-bond acceptors (Lipinski definition) is 9. The Morgan fingerprint density at radius 2 is 1.88 bits per heavy atom. The van der Waals surface area contributed by atoms with E-state index in [2.05, 4.69) is 20.4 Å². The van der Waals surface area contributed by atoms with Crippen molar-refractivity contribution in [1.82, 2.24) is 29.8 Å². The molecule has 2 aromatic heterocycles. The molecule has 164 valence electrons. The Labute approximate surface area is 182 Å². The molecule has 11 heteroatoms. The fourth-order valence-corrected chi connectivity index (χ4v) is 3.09. The van der Waals surface area contributed by atoms with Crippen molar-refractivity contribution in [2.75, 3.05) is 20.3 Å². The Bertz CT molecular complexity index is 1260. The lowest BCUT2D eigenvalue weighted by Crippen LogP contribution is -2.12. The van der Waals surface area contributed by atoms with Gasteiger partial charge < -0.3 is 14.2 Å². The van der Waals surface area contributed by atoms with E-state index in [4.69, 9.17) is 14.2 Å². The number of fused-ring (bicyclic) bond motifs is 1. The van der Waals surface area contributed by atoms with Crippen LogP contribution < -0.4 is 0 Å². The zero-order chi connectivity index (χ0) is 22.5. The minimum atomic E-state index is -0.689. The SMILES string of the molecule is COC(=O)c1nc(-c2cn(-c3cccc4ccccc34)nn2)n(COCCOC(C)=O)n1.